The molecule has 0 aliphatic rings. The molecule has 208 valence electrons. The Labute approximate surface area is 240 Å². The zero-order valence-electron chi connectivity index (χ0n) is 22.8. The van der Waals surface area contributed by atoms with E-state index in [1.807, 2.05) is 81.4 Å². The standard InChI is InChI=1S/C30H36BrN3O4S/c1-22(2)19-32-30(36)28(18-24-10-6-5-7-11-24)33(20-25-13-15-26(31)16-14-25)29(35)21-34(39(4,37)38)27-12-8-9-23(3)17-27/h5-17,22,28H,18-21H2,1-4H3,(H,32,36)/t28-/m1/s1. The Hall–Kier alpha value is -3.17. The molecule has 0 aromatic heterocycles. The number of carbonyl (C=O) groups excluding carboxylic acids is 2. The van der Waals surface area contributed by atoms with Crippen molar-refractivity contribution >= 4 is 43.5 Å². The van der Waals surface area contributed by atoms with Crippen LogP contribution in [0.15, 0.2) is 83.3 Å². The first kappa shape index (κ1) is 30.4. The van der Waals surface area contributed by atoms with Crippen molar-refractivity contribution in [2.24, 2.45) is 5.92 Å². The molecule has 0 saturated carbocycles. The number of hydrogen-bond acceptors (Lipinski definition) is 4. The van der Waals surface area contributed by atoms with Crippen LogP contribution in [-0.4, -0.2) is 50.5 Å². The number of benzene rings is 3. The second kappa shape index (κ2) is 13.8. The first-order valence-corrected chi connectivity index (χ1v) is 15.5. The number of halogens is 1. The van der Waals surface area contributed by atoms with Crippen molar-refractivity contribution in [1.29, 1.82) is 0 Å². The van der Waals surface area contributed by atoms with Crippen molar-refractivity contribution in [1.82, 2.24) is 10.2 Å². The van der Waals surface area contributed by atoms with E-state index in [0.717, 1.165) is 31.7 Å². The lowest BCUT2D eigenvalue weighted by molar-refractivity contribution is -0.140. The highest BCUT2D eigenvalue weighted by atomic mass is 79.9. The number of hydrogen-bond donors (Lipinski definition) is 1. The van der Waals surface area contributed by atoms with Gasteiger partial charge in [-0.1, -0.05) is 84.4 Å². The molecule has 0 unspecified atom stereocenters. The molecule has 0 spiro atoms. The Kier molecular flexibility index (Phi) is 10.7. The Morgan fingerprint density at radius 3 is 2.18 bits per heavy atom. The Bertz CT molecular complexity index is 1360. The summed E-state index contributed by atoms with van der Waals surface area (Å²) in [5.74, 6) is -0.519. The lowest BCUT2D eigenvalue weighted by Crippen LogP contribution is -2.53. The van der Waals surface area contributed by atoms with Crippen LogP contribution in [0, 0.1) is 12.8 Å². The highest BCUT2D eigenvalue weighted by molar-refractivity contribution is 9.10. The molecule has 3 rings (SSSR count). The predicted octanol–water partition coefficient (Wildman–Crippen LogP) is 4.94. The zero-order valence-corrected chi connectivity index (χ0v) is 25.2. The summed E-state index contributed by atoms with van der Waals surface area (Å²) in [6.07, 6.45) is 1.37. The maximum atomic E-state index is 14.0. The minimum atomic E-state index is -3.79. The van der Waals surface area contributed by atoms with E-state index in [-0.39, 0.29) is 24.8 Å². The van der Waals surface area contributed by atoms with Gasteiger partial charge < -0.3 is 10.2 Å². The highest BCUT2D eigenvalue weighted by Crippen LogP contribution is 2.22. The van der Waals surface area contributed by atoms with Crippen LogP contribution in [0.5, 0.6) is 0 Å². The molecular weight excluding hydrogens is 578 g/mol. The monoisotopic (exact) mass is 613 g/mol. The van der Waals surface area contributed by atoms with E-state index in [0.29, 0.717) is 12.2 Å². The first-order valence-electron chi connectivity index (χ1n) is 12.8. The molecule has 0 aliphatic heterocycles. The number of aryl methyl sites for hydroxylation is 1. The van der Waals surface area contributed by atoms with Crippen LogP contribution in [0.3, 0.4) is 0 Å². The molecule has 0 saturated heterocycles. The van der Waals surface area contributed by atoms with Gasteiger partial charge in [0.2, 0.25) is 21.8 Å². The molecule has 0 aliphatic carbocycles. The van der Waals surface area contributed by atoms with Gasteiger partial charge in [0.1, 0.15) is 12.6 Å². The van der Waals surface area contributed by atoms with E-state index in [1.54, 1.807) is 18.2 Å². The van der Waals surface area contributed by atoms with Gasteiger partial charge in [-0.3, -0.25) is 13.9 Å². The van der Waals surface area contributed by atoms with Gasteiger partial charge in [-0.05, 0) is 53.8 Å². The van der Waals surface area contributed by atoms with Gasteiger partial charge in [0.25, 0.3) is 0 Å². The van der Waals surface area contributed by atoms with Gasteiger partial charge >= 0.3 is 0 Å². The molecule has 3 aromatic rings. The minimum Gasteiger partial charge on any atom is -0.354 e. The fourth-order valence-corrected chi connectivity index (χ4v) is 5.27. The SMILES string of the molecule is Cc1cccc(N(CC(=O)N(Cc2ccc(Br)cc2)[C@H](Cc2ccccc2)C(=O)NCC(C)C)S(C)(=O)=O)c1. The van der Waals surface area contributed by atoms with Crippen molar-refractivity contribution in [2.45, 2.75) is 39.8 Å². The lowest BCUT2D eigenvalue weighted by atomic mass is 10.0. The molecular formula is C30H36BrN3O4S. The Morgan fingerprint density at radius 2 is 1.59 bits per heavy atom. The quantitative estimate of drug-likeness (QED) is 0.314. The Morgan fingerprint density at radius 1 is 0.923 bits per heavy atom. The second-order valence-corrected chi connectivity index (χ2v) is 12.9. The fourth-order valence-electron chi connectivity index (χ4n) is 4.16. The molecule has 0 fully saturated rings. The third-order valence-electron chi connectivity index (χ3n) is 6.19. The summed E-state index contributed by atoms with van der Waals surface area (Å²) in [7, 11) is -3.79. The molecule has 0 bridgehead atoms. The van der Waals surface area contributed by atoms with Crippen LogP contribution in [0.25, 0.3) is 0 Å². The van der Waals surface area contributed by atoms with Gasteiger partial charge in [-0.2, -0.15) is 0 Å². The largest absolute Gasteiger partial charge is 0.354 e. The summed E-state index contributed by atoms with van der Waals surface area (Å²) in [6, 6.07) is 23.2. The van der Waals surface area contributed by atoms with Crippen molar-refractivity contribution in [3.63, 3.8) is 0 Å². The number of nitrogens with one attached hydrogen (secondary N) is 1. The number of carbonyl (C=O) groups is 2. The number of nitrogens with zero attached hydrogens (tertiary/aromatic N) is 2. The number of sulfonamides is 1. The van der Waals surface area contributed by atoms with Crippen LogP contribution in [-0.2, 0) is 32.6 Å². The molecule has 2 amide bonds. The molecule has 1 atom stereocenters. The van der Waals surface area contributed by atoms with Crippen LogP contribution in [0.2, 0.25) is 0 Å². The summed E-state index contributed by atoms with van der Waals surface area (Å²) < 4.78 is 27.7. The smallest absolute Gasteiger partial charge is 0.244 e. The molecule has 3 aromatic carbocycles. The average molecular weight is 615 g/mol. The molecule has 0 radical (unpaired) electrons. The number of anilines is 1. The summed E-state index contributed by atoms with van der Waals surface area (Å²) in [6.45, 7) is 6.04. The van der Waals surface area contributed by atoms with Crippen molar-refractivity contribution < 1.29 is 18.0 Å². The maximum Gasteiger partial charge on any atom is 0.244 e. The maximum absolute atomic E-state index is 14.0. The first-order chi connectivity index (χ1) is 18.4. The van der Waals surface area contributed by atoms with E-state index < -0.39 is 28.5 Å². The zero-order chi connectivity index (χ0) is 28.6. The van der Waals surface area contributed by atoms with Gasteiger partial charge in [-0.15, -0.1) is 0 Å². The fraction of sp³-hybridized carbons (Fsp3) is 0.333. The van der Waals surface area contributed by atoms with E-state index in [9.17, 15) is 18.0 Å². The van der Waals surface area contributed by atoms with Gasteiger partial charge in [0.15, 0.2) is 0 Å². The van der Waals surface area contributed by atoms with Crippen LogP contribution in [0.1, 0.15) is 30.5 Å². The van der Waals surface area contributed by atoms with Crippen LogP contribution >= 0.6 is 15.9 Å². The van der Waals surface area contributed by atoms with Crippen molar-refractivity contribution in [2.75, 3.05) is 23.7 Å². The number of amides is 2. The van der Waals surface area contributed by atoms with Gasteiger partial charge in [0, 0.05) is 24.0 Å². The van der Waals surface area contributed by atoms with Crippen LogP contribution < -0.4 is 9.62 Å². The number of rotatable bonds is 12. The van der Waals surface area contributed by atoms with Crippen molar-refractivity contribution in [3.8, 4) is 0 Å². The topological polar surface area (TPSA) is 86.8 Å². The third-order valence-corrected chi connectivity index (χ3v) is 7.86. The van der Waals surface area contributed by atoms with E-state index in [2.05, 4.69) is 21.2 Å². The van der Waals surface area contributed by atoms with Gasteiger partial charge in [-0.25, -0.2) is 8.42 Å². The summed E-state index contributed by atoms with van der Waals surface area (Å²) in [4.78, 5) is 29.1. The minimum absolute atomic E-state index is 0.143. The molecule has 7 nitrogen and oxygen atoms in total. The third kappa shape index (κ3) is 9.21. The Balaban J connectivity index is 2.04. The van der Waals surface area contributed by atoms with E-state index in [1.165, 1.54) is 4.90 Å². The lowest BCUT2D eigenvalue weighted by Gasteiger charge is -2.33. The molecule has 39 heavy (non-hydrogen) atoms. The molecule has 1 N–H and O–H groups in total. The van der Waals surface area contributed by atoms with Crippen molar-refractivity contribution in [3.05, 3.63) is 100 Å². The summed E-state index contributed by atoms with van der Waals surface area (Å²) >= 11 is 3.44. The second-order valence-electron chi connectivity index (χ2n) is 10.1. The normalized spacial score (nSPS) is 12.2. The van der Waals surface area contributed by atoms with E-state index in [4.69, 9.17) is 0 Å². The summed E-state index contributed by atoms with van der Waals surface area (Å²) in [5.41, 5.74) is 2.99. The average Bonchev–Trinajstić information content (AvgIpc) is 2.88. The molecule has 0 heterocycles. The van der Waals surface area contributed by atoms with E-state index >= 15 is 0 Å². The predicted molar refractivity (Wildman–Crippen MR) is 160 cm³/mol. The van der Waals surface area contributed by atoms with Crippen LogP contribution in [0.4, 0.5) is 5.69 Å². The van der Waals surface area contributed by atoms with Gasteiger partial charge in [0.05, 0.1) is 11.9 Å². The molecule has 9 heteroatoms. The highest BCUT2D eigenvalue weighted by Gasteiger charge is 2.33. The summed E-state index contributed by atoms with van der Waals surface area (Å²) in [5, 5.41) is 2.98.